The topological polar surface area (TPSA) is 151 Å². The zero-order chi connectivity index (χ0) is 21.4. The first-order valence-electron chi connectivity index (χ1n) is 9.78. The smallest absolute Gasteiger partial charge is 0.323 e. The molecule has 29 heavy (non-hydrogen) atoms. The van der Waals surface area contributed by atoms with E-state index in [9.17, 15) is 24.9 Å². The van der Waals surface area contributed by atoms with Gasteiger partial charge in [-0.3, -0.25) is 9.59 Å². The van der Waals surface area contributed by atoms with E-state index in [-0.39, 0.29) is 32.1 Å². The molecule has 1 aromatic carbocycles. The van der Waals surface area contributed by atoms with Crippen molar-refractivity contribution in [2.75, 3.05) is 6.61 Å². The summed E-state index contributed by atoms with van der Waals surface area (Å²) in [5, 5.41) is 32.9. The van der Waals surface area contributed by atoms with Crippen molar-refractivity contribution in [2.45, 2.75) is 62.8 Å². The molecule has 1 amide bonds. The summed E-state index contributed by atoms with van der Waals surface area (Å²) in [7, 11) is 0. The van der Waals surface area contributed by atoms with Crippen LogP contribution in [0.4, 0.5) is 0 Å². The van der Waals surface area contributed by atoms with Crippen molar-refractivity contribution in [3.05, 3.63) is 35.9 Å². The van der Waals surface area contributed by atoms with Gasteiger partial charge in [-0.1, -0.05) is 37.2 Å². The van der Waals surface area contributed by atoms with E-state index in [1.54, 1.807) is 0 Å². The van der Waals surface area contributed by atoms with E-state index in [0.717, 1.165) is 5.56 Å². The molecule has 9 nitrogen and oxygen atoms in total. The van der Waals surface area contributed by atoms with Crippen LogP contribution >= 0.6 is 12.4 Å². The molecule has 10 heteroatoms. The first-order chi connectivity index (χ1) is 13.8. The van der Waals surface area contributed by atoms with Gasteiger partial charge in [-0.2, -0.15) is 0 Å². The molecule has 1 saturated heterocycles. The standard InChI is InChI=1S/C19H28N2O7.ClH/c1-2-6-14(22)21-15-17(24)16(23)13(28-19(15)26)10-27-18(25)12(20)9-11-7-4-3-5-8-11;/h3-5,7-8,12-13,15-17,19,23-24,26H,2,6,9-10,20H2,1H3,(H,21,22);1H/t12-,13+,15+,16+,17+,19?;/m0./s1/i1D;. The summed E-state index contributed by atoms with van der Waals surface area (Å²) in [6, 6.07) is 6.98. The summed E-state index contributed by atoms with van der Waals surface area (Å²) in [6.07, 6.45) is -5.17. The summed E-state index contributed by atoms with van der Waals surface area (Å²) in [5.74, 6) is -1.19. The van der Waals surface area contributed by atoms with Crippen LogP contribution in [0, 0.1) is 0 Å². The summed E-state index contributed by atoms with van der Waals surface area (Å²) >= 11 is 0. The molecule has 1 unspecified atom stereocenters. The number of aliphatic hydroxyl groups is 3. The van der Waals surface area contributed by atoms with Gasteiger partial charge in [0.1, 0.15) is 37.0 Å². The number of nitrogens with two attached hydrogens (primary N) is 1. The van der Waals surface area contributed by atoms with Crippen LogP contribution in [0.2, 0.25) is 0 Å². The molecule has 1 aliphatic heterocycles. The largest absolute Gasteiger partial charge is 0.462 e. The lowest BCUT2D eigenvalue weighted by molar-refractivity contribution is -0.255. The molecule has 0 aliphatic carbocycles. The Labute approximate surface area is 177 Å². The van der Waals surface area contributed by atoms with E-state index in [1.165, 1.54) is 0 Å². The third kappa shape index (κ3) is 7.22. The monoisotopic (exact) mass is 433 g/mol. The van der Waals surface area contributed by atoms with E-state index >= 15 is 0 Å². The molecule has 0 saturated carbocycles. The summed E-state index contributed by atoms with van der Waals surface area (Å²) < 4.78 is 17.3. The van der Waals surface area contributed by atoms with Crippen molar-refractivity contribution in [3.63, 3.8) is 0 Å². The Morgan fingerprint density at radius 2 is 1.97 bits per heavy atom. The van der Waals surface area contributed by atoms with Crippen molar-refractivity contribution in [1.82, 2.24) is 5.32 Å². The van der Waals surface area contributed by atoms with Gasteiger partial charge in [0.25, 0.3) is 0 Å². The Hall–Kier alpha value is -1.75. The minimum Gasteiger partial charge on any atom is -0.462 e. The lowest BCUT2D eigenvalue weighted by atomic mass is 9.97. The highest BCUT2D eigenvalue weighted by Gasteiger charge is 2.45. The fraction of sp³-hybridized carbons (Fsp3) is 0.579. The molecule has 6 N–H and O–H groups in total. The summed E-state index contributed by atoms with van der Waals surface area (Å²) in [6.45, 7) is -0.349. The van der Waals surface area contributed by atoms with Crippen LogP contribution in [0.15, 0.2) is 30.3 Å². The molecule has 2 rings (SSSR count). The highest BCUT2D eigenvalue weighted by molar-refractivity contribution is 5.85. The number of carbonyl (C=O) groups excluding carboxylic acids is 2. The maximum atomic E-state index is 12.1. The number of benzene rings is 1. The van der Waals surface area contributed by atoms with E-state index in [0.29, 0.717) is 6.42 Å². The number of hydrogen-bond acceptors (Lipinski definition) is 8. The van der Waals surface area contributed by atoms with Crippen LogP contribution in [0.5, 0.6) is 0 Å². The van der Waals surface area contributed by atoms with Crippen molar-refractivity contribution >= 4 is 24.3 Å². The number of nitrogens with one attached hydrogen (secondary N) is 1. The average Bonchev–Trinajstić information content (AvgIpc) is 2.71. The van der Waals surface area contributed by atoms with Gasteiger partial charge in [0.15, 0.2) is 6.29 Å². The molecule has 6 atom stereocenters. The van der Waals surface area contributed by atoms with Crippen LogP contribution in [0.3, 0.4) is 0 Å². The maximum Gasteiger partial charge on any atom is 0.323 e. The molecule has 1 heterocycles. The van der Waals surface area contributed by atoms with Crippen LogP contribution in [0.1, 0.15) is 26.7 Å². The van der Waals surface area contributed by atoms with E-state index in [1.807, 2.05) is 30.3 Å². The molecule has 0 aromatic heterocycles. The molecule has 164 valence electrons. The van der Waals surface area contributed by atoms with Crippen LogP contribution < -0.4 is 11.1 Å². The number of esters is 1. The first kappa shape index (κ1) is 23.5. The van der Waals surface area contributed by atoms with Gasteiger partial charge in [-0.25, -0.2) is 0 Å². The fourth-order valence-electron chi connectivity index (χ4n) is 2.88. The van der Waals surface area contributed by atoms with Crippen molar-refractivity contribution in [1.29, 1.82) is 0 Å². The molecule has 1 aromatic rings. The van der Waals surface area contributed by atoms with Crippen LogP contribution in [-0.4, -0.2) is 70.5 Å². The second kappa shape index (κ2) is 12.1. The molecule has 0 spiro atoms. The predicted octanol–water partition coefficient (Wildman–Crippen LogP) is -0.755. The second-order valence-electron chi connectivity index (χ2n) is 6.67. The summed E-state index contributed by atoms with van der Waals surface area (Å²) in [4.78, 5) is 23.8. The van der Waals surface area contributed by atoms with E-state index in [4.69, 9.17) is 16.6 Å². The number of amides is 1. The molecule has 0 radical (unpaired) electrons. The Kier molecular flexibility index (Phi) is 9.79. The number of halogens is 1. The summed E-state index contributed by atoms with van der Waals surface area (Å²) in [5.41, 5.74) is 6.70. The Bertz CT molecular complexity index is 670. The van der Waals surface area contributed by atoms with Gasteiger partial charge in [-0.05, 0) is 18.4 Å². The first-order valence-corrected chi connectivity index (χ1v) is 9.08. The fourth-order valence-corrected chi connectivity index (χ4v) is 2.88. The van der Waals surface area contributed by atoms with Crippen LogP contribution in [-0.2, 0) is 25.5 Å². The Morgan fingerprint density at radius 3 is 2.62 bits per heavy atom. The number of aliphatic hydroxyl groups excluding tert-OH is 3. The quantitative estimate of drug-likeness (QED) is 0.336. The lowest BCUT2D eigenvalue weighted by Crippen LogP contribution is -2.64. The van der Waals surface area contributed by atoms with Crippen molar-refractivity contribution in [3.8, 4) is 0 Å². The number of rotatable bonds is 8. The van der Waals surface area contributed by atoms with Gasteiger partial charge in [0.2, 0.25) is 5.91 Å². The SMILES string of the molecule is Cl.[2H]CCCC(=O)N[C@H]1C(O)O[C@H](COC(=O)[C@@H](N)Cc2ccccc2)[C@@H](O)[C@@H]1O. The molecular formula is C19H29ClN2O7. The van der Waals surface area contributed by atoms with Crippen molar-refractivity contribution < 1.29 is 35.8 Å². The minimum atomic E-state index is -1.60. The van der Waals surface area contributed by atoms with Crippen LogP contribution in [0.25, 0.3) is 0 Å². The van der Waals surface area contributed by atoms with Gasteiger partial charge < -0.3 is 35.8 Å². The number of carbonyl (C=O) groups is 2. The highest BCUT2D eigenvalue weighted by Crippen LogP contribution is 2.20. The Balaban J connectivity index is 0.00000450. The normalized spacial score (nSPS) is 27.9. The van der Waals surface area contributed by atoms with Gasteiger partial charge >= 0.3 is 5.97 Å². The molecule has 0 bridgehead atoms. The van der Waals surface area contributed by atoms with Gasteiger partial charge in [0, 0.05) is 7.79 Å². The number of ether oxygens (including phenoxy) is 2. The van der Waals surface area contributed by atoms with E-state index in [2.05, 4.69) is 5.32 Å². The van der Waals surface area contributed by atoms with E-state index < -0.39 is 55.2 Å². The van der Waals surface area contributed by atoms with Gasteiger partial charge in [-0.15, -0.1) is 12.4 Å². The number of hydrogen-bond donors (Lipinski definition) is 5. The molecule has 1 fully saturated rings. The molecular weight excluding hydrogens is 404 g/mol. The van der Waals surface area contributed by atoms with Gasteiger partial charge in [0.05, 0.1) is 0 Å². The Morgan fingerprint density at radius 1 is 1.28 bits per heavy atom. The zero-order valence-corrected chi connectivity index (χ0v) is 16.7. The average molecular weight is 434 g/mol. The third-order valence-corrected chi connectivity index (χ3v) is 4.44. The lowest BCUT2D eigenvalue weighted by Gasteiger charge is -2.40. The minimum absolute atomic E-state index is 0. The molecule has 1 aliphatic rings. The van der Waals surface area contributed by atoms with Crippen molar-refractivity contribution in [2.24, 2.45) is 5.73 Å². The zero-order valence-electron chi connectivity index (χ0n) is 16.8. The predicted molar refractivity (Wildman–Crippen MR) is 106 cm³/mol. The third-order valence-electron chi connectivity index (χ3n) is 4.44. The highest BCUT2D eigenvalue weighted by atomic mass is 35.5. The second-order valence-corrected chi connectivity index (χ2v) is 6.67. The maximum absolute atomic E-state index is 12.1.